The van der Waals surface area contributed by atoms with Gasteiger partial charge in [0.1, 0.15) is 6.04 Å². The van der Waals surface area contributed by atoms with Gasteiger partial charge < -0.3 is 10.4 Å². The van der Waals surface area contributed by atoms with Gasteiger partial charge in [-0.25, -0.2) is 0 Å². The van der Waals surface area contributed by atoms with Crippen LogP contribution in [-0.4, -0.2) is 54.5 Å². The van der Waals surface area contributed by atoms with E-state index in [1.54, 1.807) is 6.92 Å². The van der Waals surface area contributed by atoms with Crippen LogP contribution in [0.2, 0.25) is 0 Å². The number of nitrogens with zero attached hydrogens (tertiary/aromatic N) is 1. The molecule has 6 heteroatoms. The number of hydrogen-bond donors (Lipinski definition) is 2. The minimum Gasteiger partial charge on any atom is -0.394 e. The Kier molecular flexibility index (Phi) is 3.74. The number of hydrogen-bond acceptors (Lipinski definition) is 3. The molecule has 0 spiro atoms. The molecule has 0 aromatic rings. The first kappa shape index (κ1) is 11.7. The maximum absolute atomic E-state index is 12.5. The van der Waals surface area contributed by atoms with Crippen LogP contribution in [0.5, 0.6) is 0 Å². The maximum atomic E-state index is 12.5. The summed E-state index contributed by atoms with van der Waals surface area (Å²) in [6, 6.07) is -1.91. The highest BCUT2D eigenvalue weighted by atomic mass is 19.4. The molecule has 0 aliphatic carbocycles. The summed E-state index contributed by atoms with van der Waals surface area (Å²) in [6.07, 6.45) is -4.35. The number of aliphatic hydroxyl groups excluding tert-OH is 1. The highest BCUT2D eigenvalue weighted by Gasteiger charge is 2.44. The molecule has 0 amide bonds. The molecule has 1 fully saturated rings. The van der Waals surface area contributed by atoms with E-state index in [1.165, 1.54) is 4.90 Å². The molecule has 1 aliphatic rings. The fourth-order valence-corrected chi connectivity index (χ4v) is 1.72. The van der Waals surface area contributed by atoms with Crippen molar-refractivity contribution < 1.29 is 18.3 Å². The zero-order valence-electron chi connectivity index (χ0n) is 8.01. The van der Waals surface area contributed by atoms with Crippen molar-refractivity contribution in [2.24, 2.45) is 0 Å². The molecule has 2 N–H and O–H groups in total. The summed E-state index contributed by atoms with van der Waals surface area (Å²) in [4.78, 5) is 1.30. The highest BCUT2D eigenvalue weighted by molar-refractivity contribution is 4.86. The Bertz CT molecular complexity index is 186. The number of halogens is 3. The quantitative estimate of drug-likeness (QED) is 0.686. The first-order chi connectivity index (χ1) is 6.46. The average Bonchev–Trinajstić information content (AvgIpc) is 2.07. The fraction of sp³-hybridized carbons (Fsp3) is 1.00. The van der Waals surface area contributed by atoms with E-state index in [-0.39, 0.29) is 6.04 Å². The van der Waals surface area contributed by atoms with Crippen LogP contribution in [0.3, 0.4) is 0 Å². The topological polar surface area (TPSA) is 35.5 Å². The lowest BCUT2D eigenvalue weighted by Gasteiger charge is -2.39. The minimum atomic E-state index is -4.35. The molecule has 1 heterocycles. The Balaban J connectivity index is 2.67. The summed E-state index contributed by atoms with van der Waals surface area (Å²) in [6.45, 7) is 2.25. The van der Waals surface area contributed by atoms with E-state index in [1.807, 2.05) is 0 Å². The van der Waals surface area contributed by atoms with Crippen LogP contribution in [0.25, 0.3) is 0 Å². The average molecular weight is 212 g/mol. The molecule has 3 nitrogen and oxygen atoms in total. The first-order valence-electron chi connectivity index (χ1n) is 4.61. The van der Waals surface area contributed by atoms with Crippen molar-refractivity contribution in [2.75, 3.05) is 26.2 Å². The Hall–Kier alpha value is -0.330. The largest absolute Gasteiger partial charge is 0.406 e. The molecular formula is C8H15F3N2O. The van der Waals surface area contributed by atoms with Crippen LogP contribution in [0.1, 0.15) is 6.92 Å². The second-order valence-corrected chi connectivity index (χ2v) is 3.53. The standard InChI is InChI=1S/C8H15F3N2O/c1-6-4-12-2-3-13(6)7(5-14)8(9,10)11/h6-7,12,14H,2-5H2,1H3/t6-,7?/m1/s1. The van der Waals surface area contributed by atoms with Crippen molar-refractivity contribution in [3.63, 3.8) is 0 Å². The highest BCUT2D eigenvalue weighted by Crippen LogP contribution is 2.26. The van der Waals surface area contributed by atoms with E-state index < -0.39 is 18.8 Å². The summed E-state index contributed by atoms with van der Waals surface area (Å²) < 4.78 is 37.4. The zero-order chi connectivity index (χ0) is 10.8. The zero-order valence-corrected chi connectivity index (χ0v) is 8.01. The summed E-state index contributed by atoms with van der Waals surface area (Å²) in [7, 11) is 0. The van der Waals surface area contributed by atoms with Gasteiger partial charge in [0.15, 0.2) is 0 Å². The molecule has 2 atom stereocenters. The summed E-state index contributed by atoms with van der Waals surface area (Å²) in [5.74, 6) is 0. The second kappa shape index (κ2) is 4.46. The lowest BCUT2D eigenvalue weighted by Crippen LogP contribution is -2.59. The van der Waals surface area contributed by atoms with E-state index in [0.29, 0.717) is 19.6 Å². The van der Waals surface area contributed by atoms with E-state index >= 15 is 0 Å². The molecule has 1 saturated heterocycles. The smallest absolute Gasteiger partial charge is 0.394 e. The van der Waals surface area contributed by atoms with Gasteiger partial charge in [-0.15, -0.1) is 0 Å². The summed E-state index contributed by atoms with van der Waals surface area (Å²) in [5, 5.41) is 11.8. The van der Waals surface area contributed by atoms with Gasteiger partial charge >= 0.3 is 6.18 Å². The van der Waals surface area contributed by atoms with Gasteiger partial charge in [0.2, 0.25) is 0 Å². The van der Waals surface area contributed by atoms with Gasteiger partial charge in [-0.2, -0.15) is 13.2 Å². The van der Waals surface area contributed by atoms with Crippen LogP contribution >= 0.6 is 0 Å². The number of aliphatic hydroxyl groups is 1. The lowest BCUT2D eigenvalue weighted by molar-refractivity contribution is -0.199. The van der Waals surface area contributed by atoms with Crippen LogP contribution in [0, 0.1) is 0 Å². The molecule has 0 aromatic carbocycles. The van der Waals surface area contributed by atoms with Gasteiger partial charge in [0, 0.05) is 25.7 Å². The fourth-order valence-electron chi connectivity index (χ4n) is 1.72. The third kappa shape index (κ3) is 2.59. The van der Waals surface area contributed by atoms with Crippen LogP contribution in [0.15, 0.2) is 0 Å². The molecule has 0 saturated carbocycles. The third-order valence-corrected chi connectivity index (χ3v) is 2.50. The normalized spacial score (nSPS) is 27.6. The summed E-state index contributed by atoms with van der Waals surface area (Å²) in [5.41, 5.74) is 0. The summed E-state index contributed by atoms with van der Waals surface area (Å²) >= 11 is 0. The maximum Gasteiger partial charge on any atom is 0.406 e. The van der Waals surface area contributed by atoms with Crippen molar-refractivity contribution in [2.45, 2.75) is 25.2 Å². The Labute approximate surface area is 80.9 Å². The van der Waals surface area contributed by atoms with Crippen molar-refractivity contribution in [1.29, 1.82) is 0 Å². The van der Waals surface area contributed by atoms with Gasteiger partial charge in [-0.1, -0.05) is 0 Å². The minimum absolute atomic E-state index is 0.192. The lowest BCUT2D eigenvalue weighted by atomic mass is 10.1. The van der Waals surface area contributed by atoms with Crippen LogP contribution in [-0.2, 0) is 0 Å². The Morgan fingerprint density at radius 1 is 1.57 bits per heavy atom. The molecule has 84 valence electrons. The van der Waals surface area contributed by atoms with Gasteiger partial charge in [0.05, 0.1) is 6.61 Å². The van der Waals surface area contributed by atoms with Crippen molar-refractivity contribution in [1.82, 2.24) is 10.2 Å². The van der Waals surface area contributed by atoms with E-state index in [0.717, 1.165) is 0 Å². The van der Waals surface area contributed by atoms with E-state index in [4.69, 9.17) is 5.11 Å². The molecule has 0 radical (unpaired) electrons. The van der Waals surface area contributed by atoms with Crippen LogP contribution < -0.4 is 5.32 Å². The van der Waals surface area contributed by atoms with Gasteiger partial charge in [-0.3, -0.25) is 4.90 Å². The molecule has 0 bridgehead atoms. The number of rotatable bonds is 2. The number of alkyl halides is 3. The Morgan fingerprint density at radius 3 is 2.64 bits per heavy atom. The number of nitrogens with one attached hydrogen (secondary N) is 1. The molecule has 1 aliphatic heterocycles. The SMILES string of the molecule is C[C@@H]1CNCCN1C(CO)C(F)(F)F. The monoisotopic (exact) mass is 212 g/mol. The third-order valence-electron chi connectivity index (χ3n) is 2.50. The van der Waals surface area contributed by atoms with E-state index in [9.17, 15) is 13.2 Å². The Morgan fingerprint density at radius 2 is 2.21 bits per heavy atom. The second-order valence-electron chi connectivity index (χ2n) is 3.53. The van der Waals surface area contributed by atoms with Gasteiger partial charge in [-0.05, 0) is 6.92 Å². The van der Waals surface area contributed by atoms with Crippen molar-refractivity contribution >= 4 is 0 Å². The molecular weight excluding hydrogens is 197 g/mol. The first-order valence-corrected chi connectivity index (χ1v) is 4.61. The molecule has 1 unspecified atom stereocenters. The predicted molar refractivity (Wildman–Crippen MR) is 46.0 cm³/mol. The molecule has 0 aromatic heterocycles. The number of piperazine rings is 1. The van der Waals surface area contributed by atoms with Crippen molar-refractivity contribution in [3.05, 3.63) is 0 Å². The van der Waals surface area contributed by atoms with Crippen molar-refractivity contribution in [3.8, 4) is 0 Å². The molecule has 1 rings (SSSR count). The van der Waals surface area contributed by atoms with E-state index in [2.05, 4.69) is 5.32 Å². The molecule has 14 heavy (non-hydrogen) atoms. The van der Waals surface area contributed by atoms with Crippen LogP contribution in [0.4, 0.5) is 13.2 Å². The predicted octanol–water partition coefficient (Wildman–Crippen LogP) is 0.203. The van der Waals surface area contributed by atoms with Gasteiger partial charge in [0.25, 0.3) is 0 Å².